The van der Waals surface area contributed by atoms with E-state index < -0.39 is 15.9 Å². The summed E-state index contributed by atoms with van der Waals surface area (Å²) in [5, 5.41) is 2.73. The summed E-state index contributed by atoms with van der Waals surface area (Å²) in [6, 6.07) is 14.1. The van der Waals surface area contributed by atoms with Gasteiger partial charge < -0.3 is 10.2 Å². The van der Waals surface area contributed by atoms with Gasteiger partial charge in [-0.3, -0.25) is 13.9 Å². The van der Waals surface area contributed by atoms with Gasteiger partial charge in [-0.1, -0.05) is 25.1 Å². The quantitative estimate of drug-likeness (QED) is 0.753. The fraction of sp³-hybridized carbons (Fsp3) is 0.333. The van der Waals surface area contributed by atoms with Crippen LogP contribution in [0, 0.1) is 0 Å². The van der Waals surface area contributed by atoms with E-state index in [1.165, 1.54) is 0 Å². The van der Waals surface area contributed by atoms with Crippen molar-refractivity contribution in [2.45, 2.75) is 26.2 Å². The highest BCUT2D eigenvalue weighted by atomic mass is 32.2. The van der Waals surface area contributed by atoms with Crippen LogP contribution in [0.15, 0.2) is 48.5 Å². The van der Waals surface area contributed by atoms with Gasteiger partial charge in [0, 0.05) is 24.3 Å². The van der Waals surface area contributed by atoms with Crippen LogP contribution >= 0.6 is 0 Å². The Bertz CT molecular complexity index is 1000. The summed E-state index contributed by atoms with van der Waals surface area (Å²) in [5.74, 6) is -0.341. The molecule has 1 aliphatic rings. The first-order valence-corrected chi connectivity index (χ1v) is 11.4. The molecule has 2 aromatic carbocycles. The van der Waals surface area contributed by atoms with Crippen molar-refractivity contribution in [3.8, 4) is 0 Å². The summed E-state index contributed by atoms with van der Waals surface area (Å²) in [5.41, 5.74) is 2.70. The number of amides is 2. The van der Waals surface area contributed by atoms with Crippen molar-refractivity contribution in [2.75, 3.05) is 33.9 Å². The zero-order chi connectivity index (χ0) is 21.0. The number of para-hydroxylation sites is 1. The summed E-state index contributed by atoms with van der Waals surface area (Å²) in [6.07, 6.45) is 3.14. The summed E-state index contributed by atoms with van der Waals surface area (Å²) >= 11 is 0. The average Bonchev–Trinajstić information content (AvgIpc) is 3.12. The van der Waals surface area contributed by atoms with Crippen molar-refractivity contribution in [1.29, 1.82) is 0 Å². The first kappa shape index (κ1) is 20.9. The molecule has 0 bridgehead atoms. The van der Waals surface area contributed by atoms with E-state index in [0.717, 1.165) is 28.2 Å². The third-order valence-corrected chi connectivity index (χ3v) is 5.99. The smallest absolute Gasteiger partial charge is 0.245 e. The molecule has 3 rings (SSSR count). The van der Waals surface area contributed by atoms with Gasteiger partial charge in [-0.05, 0) is 48.7 Å². The van der Waals surface area contributed by atoms with Crippen molar-refractivity contribution < 1.29 is 18.0 Å². The number of hydrogen-bond donors (Lipinski definition) is 1. The van der Waals surface area contributed by atoms with Gasteiger partial charge in [0.05, 0.1) is 11.9 Å². The van der Waals surface area contributed by atoms with Crippen LogP contribution in [0.2, 0.25) is 0 Å². The summed E-state index contributed by atoms with van der Waals surface area (Å²) < 4.78 is 25.8. The van der Waals surface area contributed by atoms with Crippen LogP contribution in [0.4, 0.5) is 17.1 Å². The average molecular weight is 416 g/mol. The van der Waals surface area contributed by atoms with Gasteiger partial charge in [0.25, 0.3) is 0 Å². The molecule has 1 saturated heterocycles. The highest BCUT2D eigenvalue weighted by Crippen LogP contribution is 2.25. The molecule has 7 nitrogen and oxygen atoms in total. The normalized spacial score (nSPS) is 14.1. The Morgan fingerprint density at radius 1 is 1.14 bits per heavy atom. The molecule has 0 saturated carbocycles. The first-order chi connectivity index (χ1) is 13.8. The lowest BCUT2D eigenvalue weighted by Gasteiger charge is -2.24. The third kappa shape index (κ3) is 4.95. The van der Waals surface area contributed by atoms with Crippen molar-refractivity contribution in [2.24, 2.45) is 0 Å². The summed E-state index contributed by atoms with van der Waals surface area (Å²) in [7, 11) is -3.63. The molecule has 2 amide bonds. The van der Waals surface area contributed by atoms with E-state index >= 15 is 0 Å². The SMILES string of the molecule is CCc1ccccc1N(CC(=O)Nc1ccc(N2CCCC2=O)cc1)S(C)(=O)=O. The fourth-order valence-electron chi connectivity index (χ4n) is 3.41. The number of aryl methyl sites for hydroxylation is 1. The minimum Gasteiger partial charge on any atom is -0.325 e. The van der Waals surface area contributed by atoms with Gasteiger partial charge in [0.1, 0.15) is 6.54 Å². The molecule has 0 aliphatic carbocycles. The number of nitrogens with one attached hydrogen (secondary N) is 1. The molecule has 0 unspecified atom stereocenters. The zero-order valence-corrected chi connectivity index (χ0v) is 17.4. The lowest BCUT2D eigenvalue weighted by Crippen LogP contribution is -2.38. The van der Waals surface area contributed by atoms with E-state index in [0.29, 0.717) is 30.8 Å². The number of carbonyl (C=O) groups is 2. The Balaban J connectivity index is 1.73. The molecule has 1 heterocycles. The van der Waals surface area contributed by atoms with Crippen LogP contribution in [0.25, 0.3) is 0 Å². The monoisotopic (exact) mass is 415 g/mol. The Kier molecular flexibility index (Phi) is 6.22. The predicted octanol–water partition coefficient (Wildman–Crippen LogP) is 2.78. The van der Waals surface area contributed by atoms with Gasteiger partial charge in [-0.15, -0.1) is 0 Å². The molecule has 1 fully saturated rings. The topological polar surface area (TPSA) is 86.8 Å². The lowest BCUT2D eigenvalue weighted by molar-refractivity contribution is -0.117. The molecular weight excluding hydrogens is 390 g/mol. The Labute approximate surface area is 171 Å². The van der Waals surface area contributed by atoms with Crippen LogP contribution in [-0.2, 0) is 26.0 Å². The molecule has 1 aliphatic heterocycles. The molecule has 154 valence electrons. The molecular formula is C21H25N3O4S. The van der Waals surface area contributed by atoms with E-state index in [9.17, 15) is 18.0 Å². The van der Waals surface area contributed by atoms with Crippen LogP contribution in [-0.4, -0.2) is 39.6 Å². The summed E-state index contributed by atoms with van der Waals surface area (Å²) in [4.78, 5) is 26.1. The number of sulfonamides is 1. The molecule has 29 heavy (non-hydrogen) atoms. The number of nitrogens with zero attached hydrogens (tertiary/aromatic N) is 2. The van der Waals surface area contributed by atoms with Crippen molar-refractivity contribution in [3.63, 3.8) is 0 Å². The number of benzene rings is 2. The van der Waals surface area contributed by atoms with Gasteiger partial charge in [-0.25, -0.2) is 8.42 Å². The van der Waals surface area contributed by atoms with E-state index in [1.807, 2.05) is 19.1 Å². The number of carbonyl (C=O) groups excluding carboxylic acids is 2. The Hall–Kier alpha value is -2.87. The van der Waals surface area contributed by atoms with Crippen LogP contribution < -0.4 is 14.5 Å². The largest absolute Gasteiger partial charge is 0.325 e. The second-order valence-corrected chi connectivity index (χ2v) is 8.90. The third-order valence-electron chi connectivity index (χ3n) is 4.86. The standard InChI is InChI=1S/C21H25N3O4S/c1-3-16-7-4-5-8-19(16)24(29(2,27)28)15-20(25)22-17-10-12-18(13-11-17)23-14-6-9-21(23)26/h4-5,7-8,10-13H,3,6,9,14-15H2,1-2H3,(H,22,25). The molecule has 0 aromatic heterocycles. The van der Waals surface area contributed by atoms with Crippen molar-refractivity contribution in [1.82, 2.24) is 0 Å². The number of rotatable bonds is 7. The van der Waals surface area contributed by atoms with E-state index in [1.54, 1.807) is 41.3 Å². The lowest BCUT2D eigenvalue weighted by atomic mass is 10.1. The molecule has 1 N–H and O–H groups in total. The van der Waals surface area contributed by atoms with Crippen LogP contribution in [0.5, 0.6) is 0 Å². The van der Waals surface area contributed by atoms with Crippen LogP contribution in [0.3, 0.4) is 0 Å². The van der Waals surface area contributed by atoms with Gasteiger partial charge in [-0.2, -0.15) is 0 Å². The second-order valence-electron chi connectivity index (χ2n) is 7.00. The van der Waals surface area contributed by atoms with Crippen LogP contribution in [0.1, 0.15) is 25.3 Å². The zero-order valence-electron chi connectivity index (χ0n) is 16.6. The molecule has 0 radical (unpaired) electrons. The maximum absolute atomic E-state index is 12.6. The Morgan fingerprint density at radius 3 is 2.41 bits per heavy atom. The van der Waals surface area contributed by atoms with Gasteiger partial charge >= 0.3 is 0 Å². The molecule has 8 heteroatoms. The maximum atomic E-state index is 12.6. The van der Waals surface area contributed by atoms with E-state index in [4.69, 9.17) is 0 Å². The predicted molar refractivity (Wildman–Crippen MR) is 115 cm³/mol. The van der Waals surface area contributed by atoms with Gasteiger partial charge in [0.15, 0.2) is 0 Å². The maximum Gasteiger partial charge on any atom is 0.245 e. The van der Waals surface area contributed by atoms with Crippen molar-refractivity contribution in [3.05, 3.63) is 54.1 Å². The Morgan fingerprint density at radius 2 is 1.83 bits per heavy atom. The van der Waals surface area contributed by atoms with Crippen molar-refractivity contribution >= 4 is 38.9 Å². The molecule has 0 atom stereocenters. The minimum absolute atomic E-state index is 0.0974. The number of anilines is 3. The summed E-state index contributed by atoms with van der Waals surface area (Å²) in [6.45, 7) is 2.32. The van der Waals surface area contributed by atoms with E-state index in [2.05, 4.69) is 5.32 Å². The minimum atomic E-state index is -3.63. The highest BCUT2D eigenvalue weighted by Gasteiger charge is 2.23. The number of hydrogen-bond acceptors (Lipinski definition) is 4. The molecule has 0 spiro atoms. The van der Waals surface area contributed by atoms with E-state index in [-0.39, 0.29) is 12.5 Å². The fourth-order valence-corrected chi connectivity index (χ4v) is 4.30. The molecule has 2 aromatic rings. The highest BCUT2D eigenvalue weighted by molar-refractivity contribution is 7.92. The van der Waals surface area contributed by atoms with Gasteiger partial charge in [0.2, 0.25) is 21.8 Å². The second kappa shape index (κ2) is 8.65. The first-order valence-electron chi connectivity index (χ1n) is 9.55.